The standard InChI is InChI=1S/C15H16N3O3P.C15H15N3O.C14H13N3O2.C13H13N3.C2H7OP.2Y/c1-11-3-7-13(8-4-11)16-17-14-9-5-12(6-10-14)15(19)18-21-22(2)20;1-11-3-5-14(6-4-11)17-18-15-9-7-13(8-10-15)16-12(2)19;1-10-2-6-12(7-3-10)15-16-13-8-4-11(5-9-13)14(18)17-19;1-10-2-6-12(7-3-10)15-16-13-8-4-11(14)5-9-13;1-4(2)3;;/h3-10,22H,1-2H3,(H,18,19);3-10H,1-2H3,(H,16,19);2-9,15-16H,1H3;2-9H,14H2,1H3;4H,1-2H3;;. The number of benzene rings is 8. The van der Waals surface area contributed by atoms with E-state index in [-0.39, 0.29) is 76.9 Å². The molecule has 3 amide bonds. The van der Waals surface area contributed by atoms with Crippen LogP contribution in [0.1, 0.15) is 49.9 Å². The molecule has 2 radical (unpaired) electrons. The van der Waals surface area contributed by atoms with Crippen LogP contribution in [0, 0.1) is 32.6 Å². The van der Waals surface area contributed by atoms with Crippen molar-refractivity contribution in [3.63, 3.8) is 0 Å². The van der Waals surface area contributed by atoms with Crippen molar-refractivity contribution in [2.24, 2.45) is 35.9 Å². The Morgan fingerprint density at radius 3 is 1.01 bits per heavy atom. The normalized spacial score (nSPS) is 10.5. The van der Waals surface area contributed by atoms with Gasteiger partial charge in [-0.1, -0.05) is 70.8 Å². The molecule has 0 fully saturated rings. The second kappa shape index (κ2) is 39.3. The van der Waals surface area contributed by atoms with Gasteiger partial charge in [0, 0.05) is 107 Å². The van der Waals surface area contributed by atoms with E-state index in [2.05, 4.69) is 62.1 Å². The van der Waals surface area contributed by atoms with Gasteiger partial charge in [0.05, 0.1) is 53.3 Å². The van der Waals surface area contributed by atoms with Crippen molar-refractivity contribution < 1.29 is 93.6 Å². The molecule has 23 heteroatoms. The van der Waals surface area contributed by atoms with Crippen molar-refractivity contribution in [3.8, 4) is 0 Å². The van der Waals surface area contributed by atoms with Crippen molar-refractivity contribution in [1.29, 1.82) is 0 Å². The number of nitrogens with two attached hydrogens (primary N) is 1. The van der Waals surface area contributed by atoms with Gasteiger partial charge in [0.1, 0.15) is 0 Å². The number of amides is 3. The quantitative estimate of drug-likeness (QED) is 0.0226. The molecule has 0 aliphatic carbocycles. The molecule has 0 aliphatic rings. The fraction of sp³-hybridized carbons (Fsp3) is 0.136. The summed E-state index contributed by atoms with van der Waals surface area (Å²) in [5, 5.41) is 29.8. The molecule has 0 spiro atoms. The number of nitrogens with zero attached hydrogens (tertiary/aromatic N) is 7. The molecule has 0 aromatic heterocycles. The van der Waals surface area contributed by atoms with Gasteiger partial charge in [-0.25, -0.2) is 10.1 Å². The van der Waals surface area contributed by atoms with Crippen molar-refractivity contribution in [2.45, 2.75) is 34.6 Å². The molecule has 0 bridgehead atoms. The largest absolute Gasteiger partial charge is 0.399 e. The second-order valence-corrected chi connectivity index (χ2v) is 20.5. The number of hydrogen-bond acceptors (Lipinski definition) is 16. The first-order chi connectivity index (χ1) is 38.3. The average molecular weight is 1290 g/mol. The van der Waals surface area contributed by atoms with E-state index in [1.165, 1.54) is 30.3 Å². The summed E-state index contributed by atoms with van der Waals surface area (Å²) in [7, 11) is -3.33. The van der Waals surface area contributed by atoms with E-state index >= 15 is 0 Å². The van der Waals surface area contributed by atoms with Crippen LogP contribution in [0.3, 0.4) is 0 Å². The van der Waals surface area contributed by atoms with Gasteiger partial charge in [-0.05, 0) is 187 Å². The van der Waals surface area contributed by atoms with Crippen LogP contribution in [0.2, 0.25) is 0 Å². The predicted octanol–water partition coefficient (Wildman–Crippen LogP) is 16.7. The minimum Gasteiger partial charge on any atom is -0.399 e. The first kappa shape index (κ1) is 70.9. The maximum Gasteiger partial charge on any atom is 0.316 e. The van der Waals surface area contributed by atoms with Gasteiger partial charge in [-0.15, -0.1) is 4.91 Å². The molecule has 1 unspecified atom stereocenters. The molecule has 8 rings (SSSR count). The number of aryl methyl sites for hydroxylation is 4. The zero-order valence-corrected chi connectivity index (χ0v) is 54.4. The van der Waals surface area contributed by atoms with E-state index in [1.807, 2.05) is 161 Å². The molecular formula is C59H64N12O7P2Y2. The first-order valence-electron chi connectivity index (χ1n) is 24.6. The number of nitrogen functional groups attached to an aromatic ring is 1. The molecule has 82 heavy (non-hydrogen) atoms. The summed E-state index contributed by atoms with van der Waals surface area (Å²) in [4.78, 5) is 43.7. The SMILES string of the molecule is CC(=O)Nc1ccc(N=Nc2ccc(C)cc2)cc1.C[PH](C)=O.Cc1ccc(N=Nc2ccc(C(=O)NO[PH](C)=O)cc2)cc1.Cc1ccc(N=Nc2ccc(N)cc2)cc1.Cc1ccc(NNc2ccc(C(=O)N=O)cc2)cc1.[Y].[Y]. The summed E-state index contributed by atoms with van der Waals surface area (Å²) in [5.41, 5.74) is 26.9. The number of nitroso groups, excluding NO2 is 1. The Kier molecular flexibility index (Phi) is 34.0. The van der Waals surface area contributed by atoms with Crippen molar-refractivity contribution >= 4 is 90.4 Å². The number of azo groups is 3. The number of hydrogen-bond donors (Lipinski definition) is 5. The molecule has 8 aromatic carbocycles. The van der Waals surface area contributed by atoms with Crippen LogP contribution >= 0.6 is 15.8 Å². The molecule has 0 saturated heterocycles. The predicted molar refractivity (Wildman–Crippen MR) is 323 cm³/mol. The van der Waals surface area contributed by atoms with E-state index in [0.29, 0.717) is 11.3 Å². The van der Waals surface area contributed by atoms with Gasteiger partial charge in [0.2, 0.25) is 13.9 Å². The molecular weight excluding hydrogens is 1230 g/mol. The summed E-state index contributed by atoms with van der Waals surface area (Å²) in [6.07, 6.45) is 0. The summed E-state index contributed by atoms with van der Waals surface area (Å²) < 4.78 is 25.0. The van der Waals surface area contributed by atoms with Gasteiger partial charge in [0.25, 0.3) is 5.91 Å². The molecule has 418 valence electrons. The van der Waals surface area contributed by atoms with E-state index in [9.17, 15) is 28.4 Å². The third-order valence-electron chi connectivity index (χ3n) is 10.1. The Morgan fingerprint density at radius 1 is 0.427 bits per heavy atom. The van der Waals surface area contributed by atoms with Crippen LogP contribution in [0.5, 0.6) is 0 Å². The zero-order valence-electron chi connectivity index (χ0n) is 46.7. The summed E-state index contributed by atoms with van der Waals surface area (Å²) in [6, 6.07) is 58.8. The Bertz CT molecular complexity index is 3310. The number of hydroxylamine groups is 1. The minimum atomic E-state index is -2.20. The maximum absolute atomic E-state index is 11.7. The molecule has 1 atom stereocenters. The van der Waals surface area contributed by atoms with Crippen LogP contribution in [-0.2, 0) is 84.0 Å². The third kappa shape index (κ3) is 30.0. The van der Waals surface area contributed by atoms with Gasteiger partial charge in [0.15, 0.2) is 0 Å². The Balaban J connectivity index is 0.000000364. The van der Waals surface area contributed by atoms with Gasteiger partial charge < -0.3 is 26.5 Å². The summed E-state index contributed by atoms with van der Waals surface area (Å²) >= 11 is 0. The van der Waals surface area contributed by atoms with Crippen LogP contribution in [-0.4, -0.2) is 37.7 Å². The maximum atomic E-state index is 11.7. The fourth-order valence-corrected chi connectivity index (χ4v) is 6.16. The van der Waals surface area contributed by atoms with Gasteiger partial charge in [-0.2, -0.15) is 30.7 Å². The summed E-state index contributed by atoms with van der Waals surface area (Å²) in [6.45, 7) is 14.4. The molecule has 6 N–H and O–H groups in total. The molecule has 8 aromatic rings. The number of hydrazine groups is 1. The zero-order chi connectivity index (χ0) is 58.2. The smallest absolute Gasteiger partial charge is 0.316 e. The van der Waals surface area contributed by atoms with E-state index in [1.54, 1.807) is 74.0 Å². The third-order valence-corrected chi connectivity index (χ3v) is 10.4. The van der Waals surface area contributed by atoms with Crippen LogP contribution in [0.25, 0.3) is 0 Å². The number of carbonyl (C=O) groups excluding carboxylic acids is 3. The second-order valence-electron chi connectivity index (χ2n) is 17.5. The van der Waals surface area contributed by atoms with E-state index in [4.69, 9.17) is 5.73 Å². The molecule has 0 saturated carbocycles. The number of carbonyl (C=O) groups is 3. The number of anilines is 4. The van der Waals surface area contributed by atoms with E-state index in [0.717, 1.165) is 56.7 Å². The molecule has 0 aliphatic heterocycles. The molecule has 0 heterocycles. The van der Waals surface area contributed by atoms with Crippen molar-refractivity contribution in [2.75, 3.05) is 41.9 Å². The monoisotopic (exact) mass is 1290 g/mol. The van der Waals surface area contributed by atoms with Crippen LogP contribution in [0.15, 0.2) is 230 Å². The number of rotatable bonds is 14. The number of nitrogens with one attached hydrogen (secondary N) is 4. The van der Waals surface area contributed by atoms with Crippen molar-refractivity contribution in [1.82, 2.24) is 5.48 Å². The van der Waals surface area contributed by atoms with Gasteiger partial charge >= 0.3 is 5.91 Å². The van der Waals surface area contributed by atoms with Crippen molar-refractivity contribution in [3.05, 3.63) is 232 Å². The topological polar surface area (TPSA) is 272 Å². The van der Waals surface area contributed by atoms with E-state index < -0.39 is 27.6 Å². The van der Waals surface area contributed by atoms with Gasteiger partial charge in [-0.3, -0.25) is 18.9 Å². The Morgan fingerprint density at radius 2 is 0.695 bits per heavy atom. The average Bonchev–Trinajstić information content (AvgIpc) is 3.45. The first-order valence-corrected chi connectivity index (χ1v) is 28.9. The molecule has 19 nitrogen and oxygen atoms in total. The summed E-state index contributed by atoms with van der Waals surface area (Å²) in [5.74, 6) is -1.31. The van der Waals surface area contributed by atoms with Crippen LogP contribution in [0.4, 0.5) is 56.9 Å². The van der Waals surface area contributed by atoms with Crippen LogP contribution < -0.4 is 27.4 Å². The minimum absolute atomic E-state index is 0. The fourth-order valence-electron chi connectivity index (χ4n) is 5.92. The Labute approximate surface area is 529 Å². The Hall–Kier alpha value is -7.20.